The minimum Gasteiger partial charge on any atom is -0.376 e. The van der Waals surface area contributed by atoms with E-state index in [0.717, 1.165) is 25.1 Å². The normalized spacial score (nSPS) is 25.0. The molecule has 20 heavy (non-hydrogen) atoms. The third-order valence-electron chi connectivity index (χ3n) is 4.14. The molecule has 2 unspecified atom stereocenters. The molecule has 0 spiro atoms. The monoisotopic (exact) mass is 273 g/mol. The number of para-hydroxylation sites is 1. The van der Waals surface area contributed by atoms with Gasteiger partial charge in [0, 0.05) is 18.8 Å². The minimum atomic E-state index is -0.00979. The zero-order valence-corrected chi connectivity index (χ0v) is 11.3. The lowest BCUT2D eigenvalue weighted by Gasteiger charge is -2.36. The number of hydrogen-bond acceptors (Lipinski definition) is 3. The van der Waals surface area contributed by atoms with Gasteiger partial charge in [-0.2, -0.15) is 0 Å². The number of likely N-dealkylation sites (tertiary alicyclic amines) is 1. The first-order valence-electron chi connectivity index (χ1n) is 7.12. The molecule has 3 rings (SSSR count). The van der Waals surface area contributed by atoms with Crippen LogP contribution in [0.1, 0.15) is 12.8 Å². The van der Waals surface area contributed by atoms with Crippen LogP contribution in [-0.4, -0.2) is 42.4 Å². The van der Waals surface area contributed by atoms with Gasteiger partial charge in [-0.3, -0.25) is 9.59 Å². The largest absolute Gasteiger partial charge is 0.376 e. The number of carbonyl (C=O) groups is 2. The highest BCUT2D eigenvalue weighted by molar-refractivity contribution is 5.86. The SMILES string of the molecule is O=C1NCC2C1CCCN2C(=O)CNc1ccccc1. The fourth-order valence-corrected chi connectivity index (χ4v) is 3.10. The van der Waals surface area contributed by atoms with Gasteiger partial charge in [0.1, 0.15) is 0 Å². The predicted octanol–water partition coefficient (Wildman–Crippen LogP) is 0.835. The van der Waals surface area contributed by atoms with Gasteiger partial charge in [-0.1, -0.05) is 18.2 Å². The molecule has 2 amide bonds. The molecule has 2 N–H and O–H groups in total. The number of nitrogens with one attached hydrogen (secondary N) is 2. The lowest BCUT2D eigenvalue weighted by molar-refractivity contribution is -0.135. The Morgan fingerprint density at radius 3 is 2.95 bits per heavy atom. The summed E-state index contributed by atoms with van der Waals surface area (Å²) in [7, 11) is 0. The van der Waals surface area contributed by atoms with E-state index in [9.17, 15) is 9.59 Å². The van der Waals surface area contributed by atoms with Crippen molar-refractivity contribution in [3.05, 3.63) is 30.3 Å². The first kappa shape index (κ1) is 13.0. The maximum Gasteiger partial charge on any atom is 0.242 e. The van der Waals surface area contributed by atoms with Crippen molar-refractivity contribution in [2.24, 2.45) is 5.92 Å². The van der Waals surface area contributed by atoms with Crippen molar-refractivity contribution in [3.8, 4) is 0 Å². The van der Waals surface area contributed by atoms with Gasteiger partial charge in [0.25, 0.3) is 0 Å². The van der Waals surface area contributed by atoms with Crippen LogP contribution >= 0.6 is 0 Å². The van der Waals surface area contributed by atoms with Gasteiger partial charge in [-0.25, -0.2) is 0 Å². The van der Waals surface area contributed by atoms with E-state index in [0.29, 0.717) is 6.54 Å². The van der Waals surface area contributed by atoms with Crippen molar-refractivity contribution in [2.45, 2.75) is 18.9 Å². The second-order valence-corrected chi connectivity index (χ2v) is 5.37. The van der Waals surface area contributed by atoms with Gasteiger partial charge in [-0.05, 0) is 25.0 Å². The molecule has 1 aromatic rings. The predicted molar refractivity (Wildman–Crippen MR) is 76.2 cm³/mol. The van der Waals surface area contributed by atoms with E-state index in [4.69, 9.17) is 0 Å². The summed E-state index contributed by atoms with van der Waals surface area (Å²) < 4.78 is 0. The second-order valence-electron chi connectivity index (χ2n) is 5.37. The van der Waals surface area contributed by atoms with E-state index >= 15 is 0 Å². The molecule has 2 aliphatic rings. The van der Waals surface area contributed by atoms with Crippen LogP contribution in [0.25, 0.3) is 0 Å². The Morgan fingerprint density at radius 2 is 2.15 bits per heavy atom. The molecule has 1 aromatic carbocycles. The molecule has 5 nitrogen and oxygen atoms in total. The number of hydrogen-bond donors (Lipinski definition) is 2. The first-order chi connectivity index (χ1) is 9.75. The van der Waals surface area contributed by atoms with Crippen LogP contribution in [-0.2, 0) is 9.59 Å². The molecule has 106 valence electrons. The van der Waals surface area contributed by atoms with Crippen LogP contribution in [0.3, 0.4) is 0 Å². The Bertz CT molecular complexity index is 503. The molecule has 0 radical (unpaired) electrons. The van der Waals surface area contributed by atoms with Crippen molar-refractivity contribution >= 4 is 17.5 Å². The number of nitrogens with zero attached hydrogens (tertiary/aromatic N) is 1. The Morgan fingerprint density at radius 1 is 1.35 bits per heavy atom. The molecule has 2 heterocycles. The number of amides is 2. The maximum absolute atomic E-state index is 12.3. The van der Waals surface area contributed by atoms with E-state index in [1.54, 1.807) is 0 Å². The fraction of sp³-hybridized carbons (Fsp3) is 0.467. The van der Waals surface area contributed by atoms with Crippen LogP contribution in [0.4, 0.5) is 5.69 Å². The summed E-state index contributed by atoms with van der Waals surface area (Å²) in [5.41, 5.74) is 0.940. The highest BCUT2D eigenvalue weighted by Crippen LogP contribution is 2.27. The van der Waals surface area contributed by atoms with E-state index in [2.05, 4.69) is 10.6 Å². The maximum atomic E-state index is 12.3. The number of fused-ring (bicyclic) bond motifs is 1. The van der Waals surface area contributed by atoms with Crippen LogP contribution in [0.2, 0.25) is 0 Å². The van der Waals surface area contributed by atoms with Gasteiger partial charge >= 0.3 is 0 Å². The smallest absolute Gasteiger partial charge is 0.242 e. The van der Waals surface area contributed by atoms with Crippen molar-refractivity contribution in [1.82, 2.24) is 10.2 Å². The molecular formula is C15H19N3O2. The Kier molecular flexibility index (Phi) is 3.58. The van der Waals surface area contributed by atoms with Gasteiger partial charge in [0.15, 0.2) is 0 Å². The summed E-state index contributed by atoms with van der Waals surface area (Å²) in [4.78, 5) is 25.9. The highest BCUT2D eigenvalue weighted by atomic mass is 16.2. The minimum absolute atomic E-state index is 0.00979. The topological polar surface area (TPSA) is 61.4 Å². The Hall–Kier alpha value is -2.04. The van der Waals surface area contributed by atoms with Gasteiger partial charge in [0.05, 0.1) is 18.5 Å². The molecule has 5 heteroatoms. The van der Waals surface area contributed by atoms with Gasteiger partial charge in [0.2, 0.25) is 11.8 Å². The molecule has 2 aliphatic heterocycles. The van der Waals surface area contributed by atoms with Crippen LogP contribution in [0, 0.1) is 5.92 Å². The van der Waals surface area contributed by atoms with E-state index in [-0.39, 0.29) is 30.3 Å². The summed E-state index contributed by atoms with van der Waals surface area (Å²) in [5.74, 6) is 0.160. The van der Waals surface area contributed by atoms with Crippen LogP contribution in [0.5, 0.6) is 0 Å². The molecule has 2 atom stereocenters. The average Bonchev–Trinajstić information content (AvgIpc) is 2.87. The second kappa shape index (κ2) is 5.53. The quantitative estimate of drug-likeness (QED) is 0.857. The van der Waals surface area contributed by atoms with Crippen molar-refractivity contribution in [3.63, 3.8) is 0 Å². The summed E-state index contributed by atoms with van der Waals surface area (Å²) in [6.07, 6.45) is 1.80. The van der Waals surface area contributed by atoms with Crippen molar-refractivity contribution in [2.75, 3.05) is 25.0 Å². The summed E-state index contributed by atoms with van der Waals surface area (Å²) in [6.45, 7) is 1.63. The lowest BCUT2D eigenvalue weighted by atomic mass is 9.91. The molecule has 2 saturated heterocycles. The zero-order valence-electron chi connectivity index (χ0n) is 11.3. The van der Waals surface area contributed by atoms with E-state index < -0.39 is 0 Å². The fourth-order valence-electron chi connectivity index (χ4n) is 3.10. The Balaban J connectivity index is 1.61. The van der Waals surface area contributed by atoms with Crippen LogP contribution < -0.4 is 10.6 Å². The third-order valence-corrected chi connectivity index (χ3v) is 4.14. The number of benzene rings is 1. The number of piperidine rings is 1. The highest BCUT2D eigenvalue weighted by Gasteiger charge is 2.42. The molecule has 0 saturated carbocycles. The third kappa shape index (κ3) is 2.48. The molecule has 0 bridgehead atoms. The standard InChI is InChI=1S/C15H19N3O2/c19-14(10-16-11-5-2-1-3-6-11)18-8-4-7-12-13(18)9-17-15(12)20/h1-3,5-6,12-13,16H,4,7-10H2,(H,17,20). The van der Waals surface area contributed by atoms with Crippen LogP contribution in [0.15, 0.2) is 30.3 Å². The number of carbonyl (C=O) groups excluding carboxylic acids is 2. The molecule has 2 fully saturated rings. The molecule has 0 aliphatic carbocycles. The lowest BCUT2D eigenvalue weighted by Crippen LogP contribution is -2.50. The zero-order chi connectivity index (χ0) is 13.9. The van der Waals surface area contributed by atoms with E-state index in [1.807, 2.05) is 35.2 Å². The molecular weight excluding hydrogens is 254 g/mol. The van der Waals surface area contributed by atoms with Crippen molar-refractivity contribution in [1.29, 1.82) is 0 Å². The average molecular weight is 273 g/mol. The molecule has 0 aromatic heterocycles. The Labute approximate surface area is 118 Å². The first-order valence-corrected chi connectivity index (χ1v) is 7.12. The van der Waals surface area contributed by atoms with Gasteiger partial charge in [-0.15, -0.1) is 0 Å². The van der Waals surface area contributed by atoms with E-state index in [1.165, 1.54) is 0 Å². The number of anilines is 1. The summed E-state index contributed by atoms with van der Waals surface area (Å²) in [5, 5.41) is 6.00. The summed E-state index contributed by atoms with van der Waals surface area (Å²) in [6, 6.07) is 9.73. The number of rotatable bonds is 3. The summed E-state index contributed by atoms with van der Waals surface area (Å²) >= 11 is 0. The van der Waals surface area contributed by atoms with Gasteiger partial charge < -0.3 is 15.5 Å². The van der Waals surface area contributed by atoms with Crippen molar-refractivity contribution < 1.29 is 9.59 Å².